The van der Waals surface area contributed by atoms with Crippen molar-refractivity contribution in [2.45, 2.75) is 34.2 Å². The van der Waals surface area contributed by atoms with Gasteiger partial charge in [-0.1, -0.05) is 6.07 Å². The molecule has 106 valence electrons. The van der Waals surface area contributed by atoms with Gasteiger partial charge in [0.05, 0.1) is 5.69 Å². The number of aryl methyl sites for hydroxylation is 4. The van der Waals surface area contributed by atoms with E-state index < -0.39 is 0 Å². The summed E-state index contributed by atoms with van der Waals surface area (Å²) in [6.07, 6.45) is 0. The zero-order valence-corrected chi connectivity index (χ0v) is 12.3. The van der Waals surface area contributed by atoms with Crippen molar-refractivity contribution < 1.29 is 4.79 Å². The van der Waals surface area contributed by atoms with E-state index in [-0.39, 0.29) is 5.91 Å². The van der Waals surface area contributed by atoms with E-state index in [0.29, 0.717) is 17.9 Å². The normalized spacial score (nSPS) is 10.6. The van der Waals surface area contributed by atoms with Crippen LogP contribution in [-0.2, 0) is 6.54 Å². The topological polar surface area (TPSA) is 72.9 Å². The van der Waals surface area contributed by atoms with Gasteiger partial charge in [-0.15, -0.1) is 0 Å². The number of nitrogens with one attached hydrogen (secondary N) is 1. The molecule has 0 radical (unpaired) electrons. The maximum absolute atomic E-state index is 12.3. The van der Waals surface area contributed by atoms with Crippen LogP contribution in [0.1, 0.15) is 34.2 Å². The molecule has 20 heavy (non-hydrogen) atoms. The quantitative estimate of drug-likeness (QED) is 0.844. The second-order valence-corrected chi connectivity index (χ2v) is 4.96. The Morgan fingerprint density at radius 2 is 1.95 bits per heavy atom. The van der Waals surface area contributed by atoms with Crippen LogP contribution in [0.5, 0.6) is 0 Å². The van der Waals surface area contributed by atoms with Crippen LogP contribution in [0.25, 0.3) is 0 Å². The lowest BCUT2D eigenvalue weighted by molar-refractivity contribution is 0.101. The van der Waals surface area contributed by atoms with Crippen molar-refractivity contribution in [1.82, 2.24) is 9.78 Å². The minimum absolute atomic E-state index is 0.168. The van der Waals surface area contributed by atoms with E-state index in [4.69, 9.17) is 5.73 Å². The van der Waals surface area contributed by atoms with E-state index >= 15 is 0 Å². The number of aromatic nitrogens is 2. The van der Waals surface area contributed by atoms with Crippen LogP contribution in [0.4, 0.5) is 11.4 Å². The standard InChI is InChI=1S/C15H20N4O/c1-5-19-14(7-11(4)18-19)15(20)17-13-8-12(16)9(2)6-10(13)3/h6-8H,5,16H2,1-4H3,(H,17,20). The number of rotatable bonds is 3. The molecule has 2 rings (SSSR count). The van der Waals surface area contributed by atoms with Gasteiger partial charge in [-0.25, -0.2) is 0 Å². The molecule has 5 heteroatoms. The number of carbonyl (C=O) groups is 1. The molecule has 0 saturated carbocycles. The van der Waals surface area contributed by atoms with Gasteiger partial charge < -0.3 is 11.1 Å². The number of nitrogen functional groups attached to an aromatic ring is 1. The maximum atomic E-state index is 12.3. The molecule has 0 fully saturated rings. The van der Waals surface area contributed by atoms with E-state index in [1.807, 2.05) is 33.8 Å². The summed E-state index contributed by atoms with van der Waals surface area (Å²) in [5.41, 5.74) is 10.7. The lowest BCUT2D eigenvalue weighted by Gasteiger charge is -2.11. The summed E-state index contributed by atoms with van der Waals surface area (Å²) in [4.78, 5) is 12.3. The second kappa shape index (κ2) is 5.36. The van der Waals surface area contributed by atoms with Crippen molar-refractivity contribution in [2.75, 3.05) is 11.1 Å². The third kappa shape index (κ3) is 2.66. The predicted molar refractivity (Wildman–Crippen MR) is 80.9 cm³/mol. The minimum Gasteiger partial charge on any atom is -0.398 e. The molecule has 1 aromatic carbocycles. The van der Waals surface area contributed by atoms with Crippen molar-refractivity contribution in [3.05, 3.63) is 40.7 Å². The van der Waals surface area contributed by atoms with Crippen molar-refractivity contribution >= 4 is 17.3 Å². The van der Waals surface area contributed by atoms with Gasteiger partial charge in [0, 0.05) is 17.9 Å². The molecule has 0 aliphatic rings. The van der Waals surface area contributed by atoms with E-state index in [9.17, 15) is 4.79 Å². The number of carbonyl (C=O) groups excluding carboxylic acids is 1. The zero-order valence-electron chi connectivity index (χ0n) is 12.3. The number of anilines is 2. The summed E-state index contributed by atoms with van der Waals surface area (Å²) < 4.78 is 1.69. The monoisotopic (exact) mass is 272 g/mol. The number of benzene rings is 1. The van der Waals surface area contributed by atoms with Crippen LogP contribution in [-0.4, -0.2) is 15.7 Å². The summed E-state index contributed by atoms with van der Waals surface area (Å²) in [5.74, 6) is -0.168. The van der Waals surface area contributed by atoms with Crippen LogP contribution in [0.3, 0.4) is 0 Å². The molecule has 0 atom stereocenters. The van der Waals surface area contributed by atoms with Crippen molar-refractivity contribution in [3.63, 3.8) is 0 Å². The largest absolute Gasteiger partial charge is 0.398 e. The Hall–Kier alpha value is -2.30. The van der Waals surface area contributed by atoms with Gasteiger partial charge >= 0.3 is 0 Å². The van der Waals surface area contributed by atoms with Gasteiger partial charge in [0.1, 0.15) is 5.69 Å². The van der Waals surface area contributed by atoms with Gasteiger partial charge in [0.15, 0.2) is 0 Å². The molecule has 0 aliphatic heterocycles. The van der Waals surface area contributed by atoms with Gasteiger partial charge in [-0.05, 0) is 51.0 Å². The Kier molecular flexibility index (Phi) is 3.79. The lowest BCUT2D eigenvalue weighted by Crippen LogP contribution is -2.18. The second-order valence-electron chi connectivity index (χ2n) is 4.96. The van der Waals surface area contributed by atoms with Crippen molar-refractivity contribution in [2.24, 2.45) is 0 Å². The van der Waals surface area contributed by atoms with E-state index in [1.54, 1.807) is 16.8 Å². The Morgan fingerprint density at radius 3 is 2.60 bits per heavy atom. The lowest BCUT2D eigenvalue weighted by atomic mass is 10.1. The summed E-state index contributed by atoms with van der Waals surface area (Å²) in [5, 5.41) is 7.18. The highest BCUT2D eigenvalue weighted by Crippen LogP contribution is 2.22. The predicted octanol–water partition coefficient (Wildman–Crippen LogP) is 2.66. The average molecular weight is 272 g/mol. The van der Waals surface area contributed by atoms with Gasteiger partial charge in [-0.3, -0.25) is 9.48 Å². The first-order valence-corrected chi connectivity index (χ1v) is 6.65. The molecule has 0 unspecified atom stereocenters. The van der Waals surface area contributed by atoms with Crippen LogP contribution in [0.15, 0.2) is 18.2 Å². The highest BCUT2D eigenvalue weighted by Gasteiger charge is 2.14. The SMILES string of the molecule is CCn1nc(C)cc1C(=O)Nc1cc(N)c(C)cc1C. The first kappa shape index (κ1) is 14.1. The van der Waals surface area contributed by atoms with Crippen LogP contribution >= 0.6 is 0 Å². The smallest absolute Gasteiger partial charge is 0.273 e. The molecule has 0 saturated heterocycles. The molecule has 2 aromatic rings. The third-order valence-corrected chi connectivity index (χ3v) is 3.30. The Bertz CT molecular complexity index is 658. The first-order valence-electron chi connectivity index (χ1n) is 6.65. The molecular formula is C15H20N4O. The fraction of sp³-hybridized carbons (Fsp3) is 0.333. The van der Waals surface area contributed by atoms with E-state index in [0.717, 1.165) is 22.5 Å². The van der Waals surface area contributed by atoms with Crippen molar-refractivity contribution in [3.8, 4) is 0 Å². The van der Waals surface area contributed by atoms with Crippen LogP contribution in [0.2, 0.25) is 0 Å². The van der Waals surface area contributed by atoms with Crippen LogP contribution < -0.4 is 11.1 Å². The van der Waals surface area contributed by atoms with E-state index in [1.165, 1.54) is 0 Å². The van der Waals surface area contributed by atoms with Crippen LogP contribution in [0, 0.1) is 20.8 Å². The summed E-state index contributed by atoms with van der Waals surface area (Å²) in [6.45, 7) is 8.38. The molecular weight excluding hydrogens is 252 g/mol. The summed E-state index contributed by atoms with van der Waals surface area (Å²) in [7, 11) is 0. The third-order valence-electron chi connectivity index (χ3n) is 3.30. The molecule has 3 N–H and O–H groups in total. The number of nitrogens with zero attached hydrogens (tertiary/aromatic N) is 2. The fourth-order valence-electron chi connectivity index (χ4n) is 2.16. The van der Waals surface area contributed by atoms with Gasteiger partial charge in [0.25, 0.3) is 5.91 Å². The fourth-order valence-corrected chi connectivity index (χ4v) is 2.16. The average Bonchev–Trinajstić information content (AvgIpc) is 2.77. The molecule has 0 spiro atoms. The number of hydrogen-bond donors (Lipinski definition) is 2. The highest BCUT2D eigenvalue weighted by molar-refractivity contribution is 6.03. The molecule has 0 bridgehead atoms. The molecule has 1 heterocycles. The number of hydrogen-bond acceptors (Lipinski definition) is 3. The van der Waals surface area contributed by atoms with Gasteiger partial charge in [0.2, 0.25) is 0 Å². The molecule has 0 aliphatic carbocycles. The Morgan fingerprint density at radius 1 is 1.25 bits per heavy atom. The molecule has 5 nitrogen and oxygen atoms in total. The van der Waals surface area contributed by atoms with E-state index in [2.05, 4.69) is 10.4 Å². The molecule has 1 aromatic heterocycles. The maximum Gasteiger partial charge on any atom is 0.273 e. The number of nitrogens with two attached hydrogens (primary N) is 1. The minimum atomic E-state index is -0.168. The first-order chi connectivity index (χ1) is 9.42. The number of amides is 1. The summed E-state index contributed by atoms with van der Waals surface area (Å²) in [6, 6.07) is 5.54. The highest BCUT2D eigenvalue weighted by atomic mass is 16.2. The molecule has 1 amide bonds. The Labute approximate surface area is 118 Å². The van der Waals surface area contributed by atoms with Gasteiger partial charge in [-0.2, -0.15) is 5.10 Å². The zero-order chi connectivity index (χ0) is 14.9. The summed E-state index contributed by atoms with van der Waals surface area (Å²) >= 11 is 0. The Balaban J connectivity index is 2.30. The van der Waals surface area contributed by atoms with Crippen molar-refractivity contribution in [1.29, 1.82) is 0 Å².